The number of rotatable bonds is 3. The molecular formula is C12H15Br2FN2. The summed E-state index contributed by atoms with van der Waals surface area (Å²) in [6.45, 7) is 3.31. The lowest BCUT2D eigenvalue weighted by Gasteiger charge is -2.34. The predicted octanol–water partition coefficient (Wildman–Crippen LogP) is 3.13. The molecule has 5 heteroatoms. The molecule has 1 saturated heterocycles. The van der Waals surface area contributed by atoms with Crippen LogP contribution in [0.3, 0.4) is 0 Å². The summed E-state index contributed by atoms with van der Waals surface area (Å²) >= 11 is 6.95. The Balaban J connectivity index is 2.24. The molecule has 0 unspecified atom stereocenters. The molecule has 2 rings (SSSR count). The fourth-order valence-corrected chi connectivity index (χ4v) is 3.03. The molecular weight excluding hydrogens is 351 g/mol. The first-order valence-corrected chi connectivity index (χ1v) is 7.26. The van der Waals surface area contributed by atoms with E-state index in [1.807, 2.05) is 18.2 Å². The molecule has 1 aliphatic rings. The normalized spacial score (nSPS) is 19.2. The Hall–Kier alpha value is 0.0300. The summed E-state index contributed by atoms with van der Waals surface area (Å²) in [5.41, 5.74) is 1.02. The van der Waals surface area contributed by atoms with Crippen molar-refractivity contribution in [3.8, 4) is 0 Å². The van der Waals surface area contributed by atoms with Crippen molar-refractivity contribution in [2.45, 2.75) is 6.04 Å². The van der Waals surface area contributed by atoms with Gasteiger partial charge in [0.1, 0.15) is 6.67 Å². The second-order valence-corrected chi connectivity index (χ2v) is 5.89. The Morgan fingerprint density at radius 3 is 2.65 bits per heavy atom. The van der Waals surface area contributed by atoms with Gasteiger partial charge in [-0.1, -0.05) is 31.9 Å². The maximum atomic E-state index is 13.3. The van der Waals surface area contributed by atoms with Gasteiger partial charge in [0.25, 0.3) is 0 Å². The number of hydrogen-bond donors (Lipinski definition) is 1. The number of hydrogen-bond acceptors (Lipinski definition) is 2. The third-order valence-electron chi connectivity index (χ3n) is 3.06. The Morgan fingerprint density at radius 2 is 2.00 bits per heavy atom. The molecule has 2 nitrogen and oxygen atoms in total. The first-order valence-electron chi connectivity index (χ1n) is 5.68. The largest absolute Gasteiger partial charge is 0.314 e. The summed E-state index contributed by atoms with van der Waals surface area (Å²) in [5, 5.41) is 3.29. The molecule has 0 aromatic heterocycles. The molecule has 1 N–H and O–H groups in total. The fourth-order valence-electron chi connectivity index (χ4n) is 2.14. The monoisotopic (exact) mass is 364 g/mol. The highest BCUT2D eigenvalue weighted by atomic mass is 79.9. The number of alkyl halides is 1. The molecule has 1 heterocycles. The van der Waals surface area contributed by atoms with Crippen molar-refractivity contribution >= 4 is 31.9 Å². The Labute approximate surface area is 118 Å². The van der Waals surface area contributed by atoms with Gasteiger partial charge in [-0.05, 0) is 23.8 Å². The van der Waals surface area contributed by atoms with Crippen LogP contribution >= 0.6 is 31.9 Å². The van der Waals surface area contributed by atoms with Gasteiger partial charge in [0, 0.05) is 35.1 Å². The van der Waals surface area contributed by atoms with Crippen LogP contribution in [0.4, 0.5) is 4.39 Å². The number of piperazine rings is 1. The van der Waals surface area contributed by atoms with E-state index in [-0.39, 0.29) is 12.7 Å². The third-order valence-corrected chi connectivity index (χ3v) is 4.27. The van der Waals surface area contributed by atoms with E-state index in [0.29, 0.717) is 0 Å². The molecule has 0 amide bonds. The number of nitrogens with one attached hydrogen (secondary N) is 1. The topological polar surface area (TPSA) is 15.3 Å². The molecule has 1 fully saturated rings. The molecule has 0 saturated carbocycles. The third kappa shape index (κ3) is 3.28. The first-order chi connectivity index (χ1) is 8.22. The zero-order chi connectivity index (χ0) is 12.3. The van der Waals surface area contributed by atoms with E-state index in [1.165, 1.54) is 0 Å². The van der Waals surface area contributed by atoms with Crippen molar-refractivity contribution in [2.24, 2.45) is 0 Å². The predicted molar refractivity (Wildman–Crippen MR) is 75.0 cm³/mol. The van der Waals surface area contributed by atoms with Gasteiger partial charge in [0.2, 0.25) is 0 Å². The number of nitrogens with zero attached hydrogens (tertiary/aromatic N) is 1. The summed E-state index contributed by atoms with van der Waals surface area (Å²) in [6, 6.07) is 5.77. The molecule has 94 valence electrons. The quantitative estimate of drug-likeness (QED) is 0.885. The van der Waals surface area contributed by atoms with Crippen LogP contribution < -0.4 is 5.32 Å². The highest BCUT2D eigenvalue weighted by Crippen LogP contribution is 2.31. The minimum absolute atomic E-state index is 0.149. The Kier molecular flexibility index (Phi) is 4.97. The van der Waals surface area contributed by atoms with E-state index in [1.54, 1.807) is 0 Å². The van der Waals surface area contributed by atoms with E-state index in [0.717, 1.165) is 40.7 Å². The van der Waals surface area contributed by atoms with Crippen molar-refractivity contribution in [2.75, 3.05) is 32.9 Å². The van der Waals surface area contributed by atoms with Gasteiger partial charge in [-0.3, -0.25) is 4.90 Å². The molecule has 17 heavy (non-hydrogen) atoms. The van der Waals surface area contributed by atoms with Crippen LogP contribution in [0, 0.1) is 0 Å². The van der Waals surface area contributed by atoms with Crippen molar-refractivity contribution in [3.63, 3.8) is 0 Å². The Morgan fingerprint density at radius 1 is 1.29 bits per heavy atom. The molecule has 0 radical (unpaired) electrons. The standard InChI is InChI=1S/C12H15Br2FN2/c13-9-1-2-11(14)10(7-9)12(8-15)17-5-3-16-4-6-17/h1-2,7,12,16H,3-6,8H2/t12-/m0/s1. The van der Waals surface area contributed by atoms with Crippen molar-refractivity contribution in [1.82, 2.24) is 10.2 Å². The zero-order valence-corrected chi connectivity index (χ0v) is 12.6. The Bertz CT molecular complexity index is 381. The minimum atomic E-state index is -0.352. The van der Waals surface area contributed by atoms with E-state index in [4.69, 9.17) is 0 Å². The smallest absolute Gasteiger partial charge is 0.109 e. The number of benzene rings is 1. The van der Waals surface area contributed by atoms with E-state index < -0.39 is 0 Å². The molecule has 1 aromatic rings. The van der Waals surface area contributed by atoms with Crippen LogP contribution in [-0.2, 0) is 0 Å². The van der Waals surface area contributed by atoms with Gasteiger partial charge in [0.05, 0.1) is 6.04 Å². The van der Waals surface area contributed by atoms with Crippen molar-refractivity contribution in [1.29, 1.82) is 0 Å². The summed E-state index contributed by atoms with van der Waals surface area (Å²) in [6.07, 6.45) is 0. The van der Waals surface area contributed by atoms with Crippen LogP contribution in [0.5, 0.6) is 0 Å². The fraction of sp³-hybridized carbons (Fsp3) is 0.500. The molecule has 0 spiro atoms. The van der Waals surface area contributed by atoms with Gasteiger partial charge in [0.15, 0.2) is 0 Å². The van der Waals surface area contributed by atoms with Gasteiger partial charge in [-0.25, -0.2) is 4.39 Å². The van der Waals surface area contributed by atoms with Gasteiger partial charge in [-0.15, -0.1) is 0 Å². The second-order valence-electron chi connectivity index (χ2n) is 4.12. The average molecular weight is 366 g/mol. The minimum Gasteiger partial charge on any atom is -0.314 e. The molecule has 1 aliphatic heterocycles. The lowest BCUT2D eigenvalue weighted by Crippen LogP contribution is -2.45. The van der Waals surface area contributed by atoms with Crippen molar-refractivity contribution < 1.29 is 4.39 Å². The van der Waals surface area contributed by atoms with Crippen LogP contribution in [0.2, 0.25) is 0 Å². The number of halogens is 3. The summed E-state index contributed by atoms with van der Waals surface area (Å²) in [5.74, 6) is 0. The van der Waals surface area contributed by atoms with Crippen LogP contribution in [-0.4, -0.2) is 37.8 Å². The lowest BCUT2D eigenvalue weighted by atomic mass is 10.1. The van der Waals surface area contributed by atoms with Crippen molar-refractivity contribution in [3.05, 3.63) is 32.7 Å². The van der Waals surface area contributed by atoms with Crippen LogP contribution in [0.1, 0.15) is 11.6 Å². The summed E-state index contributed by atoms with van der Waals surface area (Å²) in [4.78, 5) is 2.20. The van der Waals surface area contributed by atoms with E-state index >= 15 is 0 Å². The average Bonchev–Trinajstić information content (AvgIpc) is 2.36. The SMILES string of the molecule is FC[C@@H](c1cc(Br)ccc1Br)N1CCNCC1. The van der Waals surface area contributed by atoms with Crippen LogP contribution in [0.15, 0.2) is 27.1 Å². The summed E-state index contributed by atoms with van der Waals surface area (Å²) in [7, 11) is 0. The molecule has 1 atom stereocenters. The molecule has 0 bridgehead atoms. The highest BCUT2D eigenvalue weighted by Gasteiger charge is 2.23. The highest BCUT2D eigenvalue weighted by molar-refractivity contribution is 9.11. The molecule has 0 aliphatic carbocycles. The van der Waals surface area contributed by atoms with Gasteiger partial charge in [-0.2, -0.15) is 0 Å². The lowest BCUT2D eigenvalue weighted by molar-refractivity contribution is 0.147. The maximum Gasteiger partial charge on any atom is 0.109 e. The molecule has 1 aromatic carbocycles. The van der Waals surface area contributed by atoms with Gasteiger partial charge < -0.3 is 5.32 Å². The van der Waals surface area contributed by atoms with Gasteiger partial charge >= 0.3 is 0 Å². The zero-order valence-electron chi connectivity index (χ0n) is 9.43. The summed E-state index contributed by atoms with van der Waals surface area (Å²) < 4.78 is 15.3. The maximum absolute atomic E-state index is 13.3. The second kappa shape index (κ2) is 6.27. The first kappa shape index (κ1) is 13.5. The van der Waals surface area contributed by atoms with Crippen LogP contribution in [0.25, 0.3) is 0 Å². The van der Waals surface area contributed by atoms with E-state index in [2.05, 4.69) is 42.1 Å². The van der Waals surface area contributed by atoms with E-state index in [9.17, 15) is 4.39 Å².